The summed E-state index contributed by atoms with van der Waals surface area (Å²) >= 11 is 2.31. The molecule has 0 bridgehead atoms. The maximum Gasteiger partial charge on any atom is 0.348 e. The monoisotopic (exact) mass is 486 g/mol. The van der Waals surface area contributed by atoms with Crippen LogP contribution in [0.3, 0.4) is 0 Å². The standard InChI is InChI=1S/C20H18N6O5S2/c1-30-14(27)8-12-15-17(28)21-13(22-18(15)33-16(12)19(29)31-2)10-32-20-23-24-25-26(20)9-11-6-4-3-5-7-11/h3-7H,8-10H2,1-2H3,(H,21,22,28). The Morgan fingerprint density at radius 3 is 2.70 bits per heavy atom. The van der Waals surface area contributed by atoms with Gasteiger partial charge >= 0.3 is 11.9 Å². The summed E-state index contributed by atoms with van der Waals surface area (Å²) in [6, 6.07) is 9.77. The molecule has 0 amide bonds. The van der Waals surface area contributed by atoms with Gasteiger partial charge in [-0.3, -0.25) is 9.59 Å². The average molecular weight is 487 g/mol. The van der Waals surface area contributed by atoms with Crippen LogP contribution >= 0.6 is 23.1 Å². The van der Waals surface area contributed by atoms with Gasteiger partial charge in [0.05, 0.1) is 38.3 Å². The van der Waals surface area contributed by atoms with Crippen molar-refractivity contribution < 1.29 is 19.1 Å². The van der Waals surface area contributed by atoms with E-state index in [0.29, 0.717) is 22.4 Å². The fourth-order valence-corrected chi connectivity index (χ4v) is 4.99. The smallest absolute Gasteiger partial charge is 0.348 e. The van der Waals surface area contributed by atoms with E-state index in [1.807, 2.05) is 30.3 Å². The third-order valence-corrected chi connectivity index (χ3v) is 6.72. The zero-order valence-corrected chi connectivity index (χ0v) is 19.2. The maximum absolute atomic E-state index is 12.8. The van der Waals surface area contributed by atoms with Gasteiger partial charge in [0, 0.05) is 5.56 Å². The van der Waals surface area contributed by atoms with Crippen LogP contribution in [0.25, 0.3) is 10.2 Å². The van der Waals surface area contributed by atoms with Gasteiger partial charge in [0.1, 0.15) is 15.5 Å². The normalized spacial score (nSPS) is 11.0. The molecule has 0 aliphatic carbocycles. The fraction of sp³-hybridized carbons (Fsp3) is 0.250. The molecule has 13 heteroatoms. The Balaban J connectivity index is 1.60. The molecule has 11 nitrogen and oxygen atoms in total. The highest BCUT2D eigenvalue weighted by Crippen LogP contribution is 2.30. The van der Waals surface area contributed by atoms with Crippen LogP contribution in [0.5, 0.6) is 0 Å². The lowest BCUT2D eigenvalue weighted by Crippen LogP contribution is -2.15. The number of tetrazole rings is 1. The number of nitrogens with zero attached hydrogens (tertiary/aromatic N) is 5. The van der Waals surface area contributed by atoms with Crippen molar-refractivity contribution in [1.29, 1.82) is 0 Å². The van der Waals surface area contributed by atoms with Crippen molar-refractivity contribution in [3.8, 4) is 0 Å². The quantitative estimate of drug-likeness (QED) is 0.289. The molecule has 0 atom stereocenters. The SMILES string of the molecule is COC(=O)Cc1c(C(=O)OC)sc2nc(CSc3nnnn3Cc3ccccc3)[nH]c(=O)c12. The Bertz CT molecular complexity index is 1360. The maximum atomic E-state index is 12.8. The number of hydrogen-bond donors (Lipinski definition) is 1. The molecule has 0 spiro atoms. The zero-order valence-electron chi connectivity index (χ0n) is 17.6. The van der Waals surface area contributed by atoms with Crippen molar-refractivity contribution in [1.82, 2.24) is 30.2 Å². The molecule has 0 saturated heterocycles. The Morgan fingerprint density at radius 1 is 1.18 bits per heavy atom. The van der Waals surface area contributed by atoms with Crippen molar-refractivity contribution in [2.24, 2.45) is 0 Å². The van der Waals surface area contributed by atoms with E-state index in [1.54, 1.807) is 4.68 Å². The Labute approximate surface area is 195 Å². The predicted octanol–water partition coefficient (Wildman–Crippen LogP) is 1.81. The molecule has 0 unspecified atom stereocenters. The number of rotatable bonds is 8. The molecule has 4 aromatic rings. The fourth-order valence-electron chi connectivity index (χ4n) is 3.11. The highest BCUT2D eigenvalue weighted by molar-refractivity contribution is 7.98. The van der Waals surface area contributed by atoms with E-state index in [-0.39, 0.29) is 28.0 Å². The van der Waals surface area contributed by atoms with E-state index in [9.17, 15) is 14.4 Å². The number of benzene rings is 1. The minimum absolute atomic E-state index is 0.146. The van der Waals surface area contributed by atoms with Gasteiger partial charge < -0.3 is 14.5 Å². The van der Waals surface area contributed by atoms with Crippen LogP contribution in [-0.2, 0) is 33.0 Å². The van der Waals surface area contributed by atoms with Crippen LogP contribution in [0.15, 0.2) is 40.3 Å². The lowest BCUT2D eigenvalue weighted by atomic mass is 10.1. The molecule has 0 aliphatic rings. The van der Waals surface area contributed by atoms with Crippen LogP contribution in [0.4, 0.5) is 0 Å². The second kappa shape index (κ2) is 9.92. The summed E-state index contributed by atoms with van der Waals surface area (Å²) in [6.07, 6.45) is -0.242. The zero-order chi connectivity index (χ0) is 23.4. The molecule has 1 N–H and O–H groups in total. The molecule has 3 aromatic heterocycles. The Hall–Kier alpha value is -3.58. The molecule has 0 radical (unpaired) electrons. The lowest BCUT2D eigenvalue weighted by Gasteiger charge is -2.05. The first-order valence-corrected chi connectivity index (χ1v) is 11.4. The van der Waals surface area contributed by atoms with Gasteiger partial charge in [-0.2, -0.15) is 0 Å². The predicted molar refractivity (Wildman–Crippen MR) is 120 cm³/mol. The highest BCUT2D eigenvalue weighted by Gasteiger charge is 2.25. The number of methoxy groups -OCH3 is 2. The number of carbonyl (C=O) groups is 2. The van der Waals surface area contributed by atoms with Crippen molar-refractivity contribution in [3.63, 3.8) is 0 Å². The molecular weight excluding hydrogens is 468 g/mol. The molecule has 3 heterocycles. The third kappa shape index (κ3) is 4.93. The molecule has 170 valence electrons. The lowest BCUT2D eigenvalue weighted by molar-refractivity contribution is -0.139. The first-order chi connectivity index (χ1) is 16.0. The van der Waals surface area contributed by atoms with E-state index < -0.39 is 17.5 Å². The van der Waals surface area contributed by atoms with E-state index in [1.165, 1.54) is 26.0 Å². The number of nitrogens with one attached hydrogen (secondary N) is 1. The van der Waals surface area contributed by atoms with Crippen molar-refractivity contribution in [2.45, 2.75) is 23.9 Å². The average Bonchev–Trinajstić information content (AvgIpc) is 3.42. The van der Waals surface area contributed by atoms with Gasteiger partial charge in [-0.15, -0.1) is 16.4 Å². The Morgan fingerprint density at radius 2 is 1.97 bits per heavy atom. The number of aromatic nitrogens is 6. The molecule has 0 aliphatic heterocycles. The first kappa shape index (κ1) is 22.6. The summed E-state index contributed by atoms with van der Waals surface area (Å²) < 4.78 is 11.2. The van der Waals surface area contributed by atoms with Gasteiger partial charge in [-0.05, 0) is 16.0 Å². The van der Waals surface area contributed by atoms with Gasteiger partial charge in [0.2, 0.25) is 5.16 Å². The summed E-state index contributed by atoms with van der Waals surface area (Å²) in [5, 5.41) is 12.5. The minimum Gasteiger partial charge on any atom is -0.469 e. The summed E-state index contributed by atoms with van der Waals surface area (Å²) in [4.78, 5) is 44.6. The van der Waals surface area contributed by atoms with E-state index in [4.69, 9.17) is 9.47 Å². The highest BCUT2D eigenvalue weighted by atomic mass is 32.2. The molecule has 4 rings (SSSR count). The number of carbonyl (C=O) groups excluding carboxylic acids is 2. The number of thiophene rings is 1. The molecule has 0 fully saturated rings. The summed E-state index contributed by atoms with van der Waals surface area (Å²) in [5.41, 5.74) is 0.838. The number of esters is 2. The summed E-state index contributed by atoms with van der Waals surface area (Å²) in [5.74, 6) is -0.552. The number of hydrogen-bond acceptors (Lipinski definition) is 11. The second-order valence-electron chi connectivity index (χ2n) is 6.74. The first-order valence-electron chi connectivity index (χ1n) is 9.62. The number of aromatic amines is 1. The van der Waals surface area contributed by atoms with E-state index >= 15 is 0 Å². The van der Waals surface area contributed by atoms with Gasteiger partial charge in [0.25, 0.3) is 5.56 Å². The van der Waals surface area contributed by atoms with Crippen molar-refractivity contribution in [3.05, 3.63) is 62.5 Å². The van der Waals surface area contributed by atoms with Crippen molar-refractivity contribution >= 4 is 45.3 Å². The van der Waals surface area contributed by atoms with Crippen LogP contribution in [-0.4, -0.2) is 56.3 Å². The molecular formula is C20H18N6O5S2. The number of fused-ring (bicyclic) bond motifs is 1. The summed E-state index contributed by atoms with van der Waals surface area (Å²) in [6.45, 7) is 0.503. The van der Waals surface area contributed by atoms with Gasteiger partial charge in [0.15, 0.2) is 0 Å². The molecule has 1 aromatic carbocycles. The third-order valence-electron chi connectivity index (χ3n) is 4.64. The van der Waals surface area contributed by atoms with E-state index in [0.717, 1.165) is 16.9 Å². The van der Waals surface area contributed by atoms with E-state index in [2.05, 4.69) is 25.5 Å². The molecule has 33 heavy (non-hydrogen) atoms. The minimum atomic E-state index is -0.646. The second-order valence-corrected chi connectivity index (χ2v) is 8.68. The number of thioether (sulfide) groups is 1. The van der Waals surface area contributed by atoms with Crippen LogP contribution in [0.2, 0.25) is 0 Å². The largest absolute Gasteiger partial charge is 0.469 e. The van der Waals surface area contributed by atoms with Crippen LogP contribution in [0, 0.1) is 0 Å². The summed E-state index contributed by atoms with van der Waals surface area (Å²) in [7, 11) is 2.46. The van der Waals surface area contributed by atoms with Gasteiger partial charge in [-0.25, -0.2) is 14.5 Å². The molecule has 0 saturated carbocycles. The van der Waals surface area contributed by atoms with Crippen molar-refractivity contribution in [2.75, 3.05) is 14.2 Å². The van der Waals surface area contributed by atoms with Crippen LogP contribution < -0.4 is 5.56 Å². The topological polar surface area (TPSA) is 142 Å². The Kier molecular flexibility index (Phi) is 6.79. The van der Waals surface area contributed by atoms with Crippen LogP contribution in [0.1, 0.15) is 26.6 Å². The van der Waals surface area contributed by atoms with Gasteiger partial charge in [-0.1, -0.05) is 42.1 Å². The number of ether oxygens (including phenoxy) is 2. The number of H-pyrrole nitrogens is 1.